The van der Waals surface area contributed by atoms with E-state index in [1.165, 1.54) is 11.1 Å². The van der Waals surface area contributed by atoms with Gasteiger partial charge in [-0.25, -0.2) is 0 Å². The summed E-state index contributed by atoms with van der Waals surface area (Å²) in [6.07, 6.45) is 4.30. The maximum absolute atomic E-state index is 11.4. The largest absolute Gasteiger partial charge is 0.461 e. The number of aryl methyl sites for hydroxylation is 1. The third-order valence-corrected chi connectivity index (χ3v) is 3.65. The Morgan fingerprint density at radius 2 is 1.81 bits per heavy atom. The van der Waals surface area contributed by atoms with Gasteiger partial charge in [-0.05, 0) is 43.7 Å². The van der Waals surface area contributed by atoms with Gasteiger partial charge < -0.3 is 4.74 Å². The molecule has 0 unspecified atom stereocenters. The Labute approximate surface area is 129 Å². The van der Waals surface area contributed by atoms with Crippen LogP contribution in [-0.2, 0) is 9.53 Å². The normalized spacial score (nSPS) is 13.3. The standard InChI is InChI=1S/C19H28O2/c1-14(2)19(20)21-13-16(4)7-6-8-17(5)18-11-9-15(3)10-12-18/h7,9-12,14,17H,6,8,13H2,1-5H3/t17-/m0/s1. The molecule has 0 aliphatic rings. The zero-order chi connectivity index (χ0) is 15.8. The Kier molecular flexibility index (Phi) is 7.21. The van der Waals surface area contributed by atoms with Gasteiger partial charge in [0.15, 0.2) is 0 Å². The molecule has 0 spiro atoms. The fraction of sp³-hybridized carbons (Fsp3) is 0.526. The van der Waals surface area contributed by atoms with E-state index in [4.69, 9.17) is 4.74 Å². The molecule has 2 nitrogen and oxygen atoms in total. The van der Waals surface area contributed by atoms with E-state index >= 15 is 0 Å². The van der Waals surface area contributed by atoms with Gasteiger partial charge in [-0.15, -0.1) is 0 Å². The summed E-state index contributed by atoms with van der Waals surface area (Å²) >= 11 is 0. The second-order valence-corrected chi connectivity index (χ2v) is 6.20. The van der Waals surface area contributed by atoms with Gasteiger partial charge in [0.25, 0.3) is 0 Å². The minimum atomic E-state index is -0.129. The highest BCUT2D eigenvalue weighted by atomic mass is 16.5. The summed E-state index contributed by atoms with van der Waals surface area (Å²) in [6.45, 7) is 10.5. The van der Waals surface area contributed by atoms with E-state index in [1.807, 2.05) is 20.8 Å². The molecule has 0 fully saturated rings. The van der Waals surface area contributed by atoms with E-state index in [0.29, 0.717) is 12.5 Å². The maximum Gasteiger partial charge on any atom is 0.308 e. The molecule has 0 N–H and O–H groups in total. The summed E-state index contributed by atoms with van der Waals surface area (Å²) in [4.78, 5) is 11.4. The van der Waals surface area contributed by atoms with Crippen LogP contribution in [0.15, 0.2) is 35.9 Å². The van der Waals surface area contributed by atoms with Crippen LogP contribution >= 0.6 is 0 Å². The first-order valence-corrected chi connectivity index (χ1v) is 7.79. The summed E-state index contributed by atoms with van der Waals surface area (Å²) in [6, 6.07) is 8.75. The van der Waals surface area contributed by atoms with Gasteiger partial charge in [0.05, 0.1) is 5.92 Å². The van der Waals surface area contributed by atoms with Crippen molar-refractivity contribution in [3.63, 3.8) is 0 Å². The summed E-state index contributed by atoms with van der Waals surface area (Å²) in [5.74, 6) is 0.364. The average molecular weight is 288 g/mol. The molecule has 0 aliphatic heterocycles. The predicted octanol–water partition coefficient (Wildman–Crippen LogP) is 5.02. The third-order valence-electron chi connectivity index (χ3n) is 3.65. The van der Waals surface area contributed by atoms with E-state index in [-0.39, 0.29) is 11.9 Å². The van der Waals surface area contributed by atoms with E-state index < -0.39 is 0 Å². The molecule has 1 rings (SSSR count). The van der Waals surface area contributed by atoms with Crippen molar-refractivity contribution in [2.75, 3.05) is 6.61 Å². The number of hydrogen-bond donors (Lipinski definition) is 0. The average Bonchev–Trinajstić information content (AvgIpc) is 2.45. The van der Waals surface area contributed by atoms with Crippen LogP contribution in [0.25, 0.3) is 0 Å². The zero-order valence-electron chi connectivity index (χ0n) is 14.0. The number of ether oxygens (including phenoxy) is 1. The summed E-state index contributed by atoms with van der Waals surface area (Å²) in [5, 5.41) is 0. The molecular formula is C19H28O2. The topological polar surface area (TPSA) is 26.3 Å². The van der Waals surface area contributed by atoms with Crippen molar-refractivity contribution >= 4 is 5.97 Å². The summed E-state index contributed by atoms with van der Waals surface area (Å²) in [7, 11) is 0. The van der Waals surface area contributed by atoms with E-state index in [0.717, 1.165) is 18.4 Å². The molecule has 0 saturated carbocycles. The van der Waals surface area contributed by atoms with Crippen LogP contribution in [0.1, 0.15) is 57.6 Å². The molecule has 0 bridgehead atoms. The van der Waals surface area contributed by atoms with E-state index in [2.05, 4.69) is 44.2 Å². The molecule has 116 valence electrons. The molecule has 0 radical (unpaired) electrons. The van der Waals surface area contributed by atoms with Crippen molar-refractivity contribution < 1.29 is 9.53 Å². The van der Waals surface area contributed by atoms with Crippen LogP contribution in [-0.4, -0.2) is 12.6 Å². The van der Waals surface area contributed by atoms with Crippen molar-refractivity contribution in [1.82, 2.24) is 0 Å². The van der Waals surface area contributed by atoms with Crippen molar-refractivity contribution in [2.45, 2.75) is 53.4 Å². The Balaban J connectivity index is 2.35. The minimum absolute atomic E-state index is 0.0561. The van der Waals surface area contributed by atoms with Gasteiger partial charge in [-0.1, -0.05) is 56.7 Å². The minimum Gasteiger partial charge on any atom is -0.461 e. The fourth-order valence-electron chi connectivity index (χ4n) is 2.05. The Hall–Kier alpha value is -1.57. The Morgan fingerprint density at radius 3 is 2.38 bits per heavy atom. The molecule has 0 aliphatic carbocycles. The van der Waals surface area contributed by atoms with Gasteiger partial charge in [0.2, 0.25) is 0 Å². The molecule has 0 aromatic heterocycles. The van der Waals surface area contributed by atoms with Gasteiger partial charge in [0.1, 0.15) is 6.61 Å². The number of allylic oxidation sites excluding steroid dienone is 1. The van der Waals surface area contributed by atoms with Gasteiger partial charge in [-0.3, -0.25) is 4.79 Å². The number of hydrogen-bond acceptors (Lipinski definition) is 2. The van der Waals surface area contributed by atoms with Gasteiger partial charge >= 0.3 is 5.97 Å². The Bertz CT molecular complexity index is 469. The van der Waals surface area contributed by atoms with E-state index in [1.54, 1.807) is 0 Å². The highest BCUT2D eigenvalue weighted by Crippen LogP contribution is 2.21. The number of carbonyl (C=O) groups excluding carboxylic acids is 1. The van der Waals surface area contributed by atoms with Crippen LogP contribution in [0.4, 0.5) is 0 Å². The Morgan fingerprint density at radius 1 is 1.19 bits per heavy atom. The van der Waals surface area contributed by atoms with Gasteiger partial charge in [-0.2, -0.15) is 0 Å². The fourth-order valence-corrected chi connectivity index (χ4v) is 2.05. The first-order valence-electron chi connectivity index (χ1n) is 7.79. The predicted molar refractivity (Wildman–Crippen MR) is 88.4 cm³/mol. The highest BCUT2D eigenvalue weighted by molar-refractivity contribution is 5.71. The molecule has 21 heavy (non-hydrogen) atoms. The number of rotatable bonds is 7. The van der Waals surface area contributed by atoms with Crippen molar-refractivity contribution in [1.29, 1.82) is 0 Å². The SMILES string of the molecule is CC(=CCC[C@H](C)c1ccc(C)cc1)COC(=O)C(C)C. The molecule has 2 heteroatoms. The first-order chi connectivity index (χ1) is 9.90. The monoisotopic (exact) mass is 288 g/mol. The lowest BCUT2D eigenvalue weighted by molar-refractivity contribution is -0.146. The molecule has 1 aromatic rings. The number of benzene rings is 1. The molecule has 0 saturated heterocycles. The summed E-state index contributed by atoms with van der Waals surface area (Å²) < 4.78 is 5.21. The van der Waals surface area contributed by atoms with Crippen molar-refractivity contribution in [2.24, 2.45) is 5.92 Å². The van der Waals surface area contributed by atoms with Crippen molar-refractivity contribution in [3.8, 4) is 0 Å². The number of carbonyl (C=O) groups is 1. The molecule has 0 amide bonds. The first kappa shape index (κ1) is 17.5. The zero-order valence-corrected chi connectivity index (χ0v) is 14.0. The molecule has 0 heterocycles. The smallest absolute Gasteiger partial charge is 0.308 e. The lowest BCUT2D eigenvalue weighted by atomic mass is 9.95. The van der Waals surface area contributed by atoms with Crippen molar-refractivity contribution in [3.05, 3.63) is 47.0 Å². The van der Waals surface area contributed by atoms with E-state index in [9.17, 15) is 4.79 Å². The van der Waals surface area contributed by atoms with Crippen LogP contribution in [0.3, 0.4) is 0 Å². The third kappa shape index (κ3) is 6.61. The lowest BCUT2D eigenvalue weighted by Crippen LogP contribution is -2.12. The number of esters is 1. The second-order valence-electron chi connectivity index (χ2n) is 6.20. The second kappa shape index (κ2) is 8.66. The lowest BCUT2D eigenvalue weighted by Gasteiger charge is -2.11. The quantitative estimate of drug-likeness (QED) is 0.520. The van der Waals surface area contributed by atoms with Crippen LogP contribution in [0, 0.1) is 12.8 Å². The molecular weight excluding hydrogens is 260 g/mol. The molecule has 1 atom stereocenters. The highest BCUT2D eigenvalue weighted by Gasteiger charge is 2.08. The summed E-state index contributed by atoms with van der Waals surface area (Å²) in [5.41, 5.74) is 3.81. The maximum atomic E-state index is 11.4. The van der Waals surface area contributed by atoms with Crippen LogP contribution < -0.4 is 0 Å². The van der Waals surface area contributed by atoms with Crippen LogP contribution in [0.5, 0.6) is 0 Å². The van der Waals surface area contributed by atoms with Gasteiger partial charge in [0, 0.05) is 0 Å². The molecule has 1 aromatic carbocycles. The van der Waals surface area contributed by atoms with Crippen LogP contribution in [0.2, 0.25) is 0 Å².